The molecule has 2 rings (SSSR count). The van der Waals surface area contributed by atoms with Gasteiger partial charge in [-0.2, -0.15) is 18.3 Å². The Hall–Kier alpha value is -2.88. The fourth-order valence-electron chi connectivity index (χ4n) is 2.36. The van der Waals surface area contributed by atoms with Gasteiger partial charge in [0.15, 0.2) is 5.69 Å². The largest absolute Gasteiger partial charge is 0.478 e. The smallest absolute Gasteiger partial charge is 0.434 e. The van der Waals surface area contributed by atoms with Crippen molar-refractivity contribution in [2.75, 3.05) is 18.5 Å². The summed E-state index contributed by atoms with van der Waals surface area (Å²) in [6, 6.07) is 5.45. The van der Waals surface area contributed by atoms with Crippen LogP contribution in [0.5, 0.6) is 0 Å². The highest BCUT2D eigenvalue weighted by Gasteiger charge is 2.40. The SMILES string of the molecule is CCOCCCC(=O)Nc1ccc(-n2ncc(C(=O)O)c2C(F)(F)F)cc1. The number of ether oxygens (including phenoxy) is 1. The zero-order chi connectivity index (χ0) is 20.0. The van der Waals surface area contributed by atoms with Crippen molar-refractivity contribution in [2.24, 2.45) is 0 Å². The fourth-order valence-corrected chi connectivity index (χ4v) is 2.36. The minimum atomic E-state index is -4.89. The van der Waals surface area contributed by atoms with E-state index in [4.69, 9.17) is 9.84 Å². The van der Waals surface area contributed by atoms with E-state index in [-0.39, 0.29) is 18.0 Å². The second kappa shape index (κ2) is 8.67. The quantitative estimate of drug-likeness (QED) is 0.680. The first-order chi connectivity index (χ1) is 12.7. The molecule has 1 aromatic carbocycles. The van der Waals surface area contributed by atoms with E-state index in [1.165, 1.54) is 24.3 Å². The van der Waals surface area contributed by atoms with Gasteiger partial charge in [0.2, 0.25) is 5.91 Å². The van der Waals surface area contributed by atoms with E-state index >= 15 is 0 Å². The Balaban J connectivity index is 2.14. The number of carboxylic acid groups (broad SMARTS) is 1. The van der Waals surface area contributed by atoms with Crippen LogP contribution >= 0.6 is 0 Å². The number of carboxylic acids is 1. The molecule has 1 aromatic heterocycles. The van der Waals surface area contributed by atoms with Crippen molar-refractivity contribution in [3.63, 3.8) is 0 Å². The molecule has 7 nitrogen and oxygen atoms in total. The van der Waals surface area contributed by atoms with E-state index in [9.17, 15) is 22.8 Å². The standard InChI is InChI=1S/C17H18F3N3O4/c1-2-27-9-3-4-14(24)22-11-5-7-12(8-6-11)23-15(17(18,19)20)13(10-21-23)16(25)26/h5-8,10H,2-4,9H2,1H3,(H,22,24)(H,25,26). The number of carbonyl (C=O) groups excluding carboxylic acids is 1. The molecule has 0 aliphatic carbocycles. The molecule has 2 N–H and O–H groups in total. The molecule has 0 spiro atoms. The summed E-state index contributed by atoms with van der Waals surface area (Å²) in [6.07, 6.45) is -3.43. The molecule has 0 aliphatic heterocycles. The minimum absolute atomic E-state index is 0.0177. The summed E-state index contributed by atoms with van der Waals surface area (Å²) in [5.74, 6) is -1.96. The van der Waals surface area contributed by atoms with Gasteiger partial charge in [0.25, 0.3) is 0 Å². The van der Waals surface area contributed by atoms with E-state index in [2.05, 4.69) is 10.4 Å². The van der Waals surface area contributed by atoms with Gasteiger partial charge < -0.3 is 15.2 Å². The van der Waals surface area contributed by atoms with Gasteiger partial charge in [0.1, 0.15) is 5.56 Å². The molecule has 0 saturated carbocycles. The number of halogens is 3. The molecule has 1 amide bonds. The Morgan fingerprint density at radius 2 is 1.93 bits per heavy atom. The summed E-state index contributed by atoms with van der Waals surface area (Å²) in [4.78, 5) is 22.8. The van der Waals surface area contributed by atoms with Crippen LogP contribution in [0.15, 0.2) is 30.5 Å². The summed E-state index contributed by atoms with van der Waals surface area (Å²) >= 11 is 0. The average molecular weight is 385 g/mol. The molecule has 0 saturated heterocycles. The first-order valence-electron chi connectivity index (χ1n) is 8.10. The third kappa shape index (κ3) is 5.30. The molecular formula is C17H18F3N3O4. The molecule has 0 atom stereocenters. The Morgan fingerprint density at radius 3 is 2.48 bits per heavy atom. The van der Waals surface area contributed by atoms with Crippen LogP contribution in [0.4, 0.5) is 18.9 Å². The van der Waals surface area contributed by atoms with E-state index in [1.807, 2.05) is 6.92 Å². The van der Waals surface area contributed by atoms with Crippen molar-refractivity contribution >= 4 is 17.6 Å². The van der Waals surface area contributed by atoms with Gasteiger partial charge in [-0.1, -0.05) is 0 Å². The van der Waals surface area contributed by atoms with Crippen molar-refractivity contribution in [2.45, 2.75) is 25.9 Å². The average Bonchev–Trinajstić information content (AvgIpc) is 3.05. The number of aromatic nitrogens is 2. The monoisotopic (exact) mass is 385 g/mol. The van der Waals surface area contributed by atoms with Gasteiger partial charge >= 0.3 is 12.1 Å². The Kier molecular flexibility index (Phi) is 6.56. The number of rotatable bonds is 8. The predicted octanol–water partition coefficient (Wildman–Crippen LogP) is 3.34. The lowest BCUT2D eigenvalue weighted by Gasteiger charge is -2.12. The highest BCUT2D eigenvalue weighted by molar-refractivity contribution is 5.91. The summed E-state index contributed by atoms with van der Waals surface area (Å²) in [6.45, 7) is 2.89. The van der Waals surface area contributed by atoms with Crippen molar-refractivity contribution in [3.05, 3.63) is 41.7 Å². The van der Waals surface area contributed by atoms with Crippen LogP contribution < -0.4 is 5.32 Å². The summed E-state index contributed by atoms with van der Waals surface area (Å²) in [7, 11) is 0. The Morgan fingerprint density at radius 1 is 1.26 bits per heavy atom. The predicted molar refractivity (Wildman–Crippen MR) is 89.9 cm³/mol. The lowest BCUT2D eigenvalue weighted by Crippen LogP contribution is -2.17. The summed E-state index contributed by atoms with van der Waals surface area (Å²) in [5, 5.41) is 15.1. The number of anilines is 1. The molecule has 2 aromatic rings. The normalized spacial score (nSPS) is 11.4. The summed E-state index contributed by atoms with van der Waals surface area (Å²) < 4.78 is 45.3. The molecule has 0 radical (unpaired) electrons. The third-order valence-electron chi connectivity index (χ3n) is 3.56. The molecule has 146 valence electrons. The van der Waals surface area contributed by atoms with Gasteiger partial charge in [0.05, 0.1) is 11.9 Å². The first kappa shape index (κ1) is 20.4. The number of hydrogen-bond donors (Lipinski definition) is 2. The van der Waals surface area contributed by atoms with Crippen LogP contribution in [-0.4, -0.2) is 40.0 Å². The van der Waals surface area contributed by atoms with E-state index in [1.54, 1.807) is 0 Å². The molecule has 0 bridgehead atoms. The van der Waals surface area contributed by atoms with Gasteiger partial charge in [-0.05, 0) is 37.6 Å². The van der Waals surface area contributed by atoms with Crippen molar-refractivity contribution in [1.82, 2.24) is 9.78 Å². The van der Waals surface area contributed by atoms with Gasteiger partial charge in [-0.15, -0.1) is 0 Å². The number of alkyl halides is 3. The number of benzene rings is 1. The zero-order valence-electron chi connectivity index (χ0n) is 14.4. The van der Waals surface area contributed by atoms with Crippen LogP contribution in [0.3, 0.4) is 0 Å². The molecular weight excluding hydrogens is 367 g/mol. The molecule has 0 aliphatic rings. The minimum Gasteiger partial charge on any atom is -0.478 e. The maximum absolute atomic E-state index is 13.2. The zero-order valence-corrected chi connectivity index (χ0v) is 14.4. The maximum Gasteiger partial charge on any atom is 0.434 e. The number of nitrogens with one attached hydrogen (secondary N) is 1. The lowest BCUT2D eigenvalue weighted by molar-refractivity contribution is -0.143. The Bertz CT molecular complexity index is 801. The van der Waals surface area contributed by atoms with E-state index < -0.39 is 23.4 Å². The van der Waals surface area contributed by atoms with Crippen LogP contribution in [-0.2, 0) is 15.7 Å². The van der Waals surface area contributed by atoms with Gasteiger partial charge in [-0.3, -0.25) is 4.79 Å². The third-order valence-corrected chi connectivity index (χ3v) is 3.56. The number of aromatic carboxylic acids is 1. The second-order valence-electron chi connectivity index (χ2n) is 5.52. The number of hydrogen-bond acceptors (Lipinski definition) is 4. The number of carbonyl (C=O) groups is 2. The lowest BCUT2D eigenvalue weighted by atomic mass is 10.2. The van der Waals surface area contributed by atoms with Crippen molar-refractivity contribution in [3.8, 4) is 5.69 Å². The Labute approximate surface area is 152 Å². The van der Waals surface area contributed by atoms with Gasteiger partial charge in [0, 0.05) is 25.3 Å². The topological polar surface area (TPSA) is 93.5 Å². The van der Waals surface area contributed by atoms with Crippen LogP contribution in [0, 0.1) is 0 Å². The molecule has 10 heteroatoms. The maximum atomic E-state index is 13.2. The van der Waals surface area contributed by atoms with Crippen molar-refractivity contribution in [1.29, 1.82) is 0 Å². The summed E-state index contributed by atoms with van der Waals surface area (Å²) in [5.41, 5.74) is -1.89. The molecule has 0 unspecified atom stereocenters. The van der Waals surface area contributed by atoms with E-state index in [0.717, 1.165) is 0 Å². The van der Waals surface area contributed by atoms with E-state index in [0.29, 0.717) is 36.2 Å². The van der Waals surface area contributed by atoms with Gasteiger partial charge in [-0.25, -0.2) is 9.48 Å². The highest BCUT2D eigenvalue weighted by Crippen LogP contribution is 2.33. The molecule has 27 heavy (non-hydrogen) atoms. The van der Waals surface area contributed by atoms with Crippen LogP contribution in [0.2, 0.25) is 0 Å². The van der Waals surface area contributed by atoms with Crippen LogP contribution in [0.25, 0.3) is 5.69 Å². The highest BCUT2D eigenvalue weighted by atomic mass is 19.4. The fraction of sp³-hybridized carbons (Fsp3) is 0.353. The first-order valence-corrected chi connectivity index (χ1v) is 8.10. The van der Waals surface area contributed by atoms with Crippen LogP contribution in [0.1, 0.15) is 35.8 Å². The second-order valence-corrected chi connectivity index (χ2v) is 5.52. The number of amides is 1. The number of nitrogens with zero attached hydrogens (tertiary/aromatic N) is 2. The van der Waals surface area contributed by atoms with Crippen molar-refractivity contribution < 1.29 is 32.6 Å². The molecule has 1 heterocycles. The molecule has 0 fully saturated rings.